The summed E-state index contributed by atoms with van der Waals surface area (Å²) < 4.78 is 0. The van der Waals surface area contributed by atoms with Crippen molar-refractivity contribution in [2.45, 2.75) is 45.1 Å². The monoisotopic (exact) mass is 193 g/mol. The lowest BCUT2D eigenvalue weighted by atomic mass is 9.84. The van der Waals surface area contributed by atoms with Gasteiger partial charge in [0.25, 0.3) is 0 Å². The number of fused-ring (bicyclic) bond motifs is 1. The van der Waals surface area contributed by atoms with E-state index < -0.39 is 0 Å². The van der Waals surface area contributed by atoms with E-state index in [4.69, 9.17) is 5.73 Å². The molecule has 0 radical (unpaired) electrons. The highest BCUT2D eigenvalue weighted by atomic mass is 15.3. The van der Waals surface area contributed by atoms with E-state index in [0.717, 1.165) is 12.8 Å². The molecule has 1 aliphatic heterocycles. The summed E-state index contributed by atoms with van der Waals surface area (Å²) in [4.78, 5) is 0. The van der Waals surface area contributed by atoms with Crippen molar-refractivity contribution in [1.29, 1.82) is 0 Å². The van der Waals surface area contributed by atoms with Crippen LogP contribution >= 0.6 is 0 Å². The molecule has 1 aliphatic carbocycles. The first kappa shape index (κ1) is 9.71. The van der Waals surface area contributed by atoms with Crippen LogP contribution in [0.4, 0.5) is 0 Å². The van der Waals surface area contributed by atoms with Gasteiger partial charge in [-0.1, -0.05) is 6.42 Å². The van der Waals surface area contributed by atoms with E-state index in [1.54, 1.807) is 0 Å². The topological polar surface area (TPSA) is 50.4 Å². The smallest absolute Gasteiger partial charge is 0.0319 e. The van der Waals surface area contributed by atoms with E-state index in [1.165, 1.54) is 30.5 Å². The van der Waals surface area contributed by atoms with E-state index in [2.05, 4.69) is 23.7 Å². The zero-order valence-electron chi connectivity index (χ0n) is 8.79. The summed E-state index contributed by atoms with van der Waals surface area (Å²) in [5, 5.41) is 4.17. The number of nitrogens with two attached hydrogens (primary N) is 1. The Morgan fingerprint density at radius 3 is 3.14 bits per heavy atom. The molecular weight excluding hydrogens is 174 g/mol. The molecule has 2 unspecified atom stereocenters. The maximum atomic E-state index is 5.99. The van der Waals surface area contributed by atoms with Crippen molar-refractivity contribution in [2.75, 3.05) is 0 Å². The van der Waals surface area contributed by atoms with Crippen molar-refractivity contribution in [3.05, 3.63) is 11.3 Å². The van der Waals surface area contributed by atoms with Gasteiger partial charge in [-0.2, -0.15) is 5.10 Å². The predicted octanol–water partition coefficient (Wildman–Crippen LogP) is 1.76. The van der Waals surface area contributed by atoms with E-state index in [1.807, 2.05) is 0 Å². The van der Waals surface area contributed by atoms with Crippen LogP contribution < -0.4 is 11.2 Å². The van der Waals surface area contributed by atoms with Crippen LogP contribution in [0.1, 0.15) is 39.0 Å². The molecule has 0 aromatic carbocycles. The molecule has 3 heteroatoms. The van der Waals surface area contributed by atoms with Gasteiger partial charge in [0.1, 0.15) is 0 Å². The molecule has 1 heterocycles. The first-order valence-electron chi connectivity index (χ1n) is 5.52. The predicted molar refractivity (Wildman–Crippen MR) is 58.9 cm³/mol. The summed E-state index contributed by atoms with van der Waals surface area (Å²) >= 11 is 0. The van der Waals surface area contributed by atoms with Gasteiger partial charge in [-0.3, -0.25) is 5.43 Å². The van der Waals surface area contributed by atoms with Crippen molar-refractivity contribution < 1.29 is 0 Å². The minimum Gasteiger partial charge on any atom is -0.328 e. The SMILES string of the molecule is CC1=C2CCC(N)CCCC2C=NN1. The van der Waals surface area contributed by atoms with Crippen LogP contribution in [0.15, 0.2) is 16.4 Å². The van der Waals surface area contributed by atoms with E-state index in [9.17, 15) is 0 Å². The van der Waals surface area contributed by atoms with Crippen molar-refractivity contribution in [3.63, 3.8) is 0 Å². The number of rotatable bonds is 0. The molecule has 0 saturated heterocycles. The van der Waals surface area contributed by atoms with Gasteiger partial charge in [0.15, 0.2) is 0 Å². The van der Waals surface area contributed by atoms with Gasteiger partial charge in [-0.15, -0.1) is 0 Å². The fourth-order valence-electron chi connectivity index (χ4n) is 2.37. The van der Waals surface area contributed by atoms with Gasteiger partial charge < -0.3 is 5.73 Å². The van der Waals surface area contributed by atoms with E-state index in [0.29, 0.717) is 12.0 Å². The zero-order valence-corrected chi connectivity index (χ0v) is 8.79. The Bertz CT molecular complexity index is 268. The fraction of sp³-hybridized carbons (Fsp3) is 0.727. The molecule has 0 aromatic heterocycles. The van der Waals surface area contributed by atoms with Crippen LogP contribution in [0.3, 0.4) is 0 Å². The minimum atomic E-state index is 0.398. The van der Waals surface area contributed by atoms with Crippen molar-refractivity contribution in [1.82, 2.24) is 5.43 Å². The summed E-state index contributed by atoms with van der Waals surface area (Å²) in [5.41, 5.74) is 11.8. The molecule has 3 N–H and O–H groups in total. The standard InChI is InChI=1S/C11H19N3/c1-8-11-6-5-10(12)4-2-3-9(11)7-13-14-8/h7,9-10,14H,2-6,12H2,1H3. The van der Waals surface area contributed by atoms with Crippen molar-refractivity contribution in [2.24, 2.45) is 16.8 Å². The molecule has 2 rings (SSSR count). The molecule has 3 nitrogen and oxygen atoms in total. The average molecular weight is 193 g/mol. The molecule has 0 amide bonds. The third kappa shape index (κ3) is 1.98. The highest BCUT2D eigenvalue weighted by molar-refractivity contribution is 5.66. The van der Waals surface area contributed by atoms with Crippen LogP contribution in [0.5, 0.6) is 0 Å². The summed E-state index contributed by atoms with van der Waals surface area (Å²) in [6.45, 7) is 2.12. The van der Waals surface area contributed by atoms with Crippen molar-refractivity contribution >= 4 is 6.21 Å². The number of hydrogen-bond donors (Lipinski definition) is 2. The maximum Gasteiger partial charge on any atom is 0.0319 e. The molecule has 1 fully saturated rings. The average Bonchev–Trinajstić information content (AvgIpc) is 2.13. The van der Waals surface area contributed by atoms with Gasteiger partial charge in [0.2, 0.25) is 0 Å². The third-order valence-corrected chi connectivity index (χ3v) is 3.29. The second kappa shape index (κ2) is 4.13. The highest BCUT2D eigenvalue weighted by Gasteiger charge is 2.21. The molecule has 2 atom stereocenters. The second-order valence-corrected chi connectivity index (χ2v) is 4.38. The Hall–Kier alpha value is -0.830. The lowest BCUT2D eigenvalue weighted by molar-refractivity contribution is 0.467. The molecular formula is C11H19N3. The lowest BCUT2D eigenvalue weighted by Gasteiger charge is -2.27. The molecule has 0 bridgehead atoms. The van der Waals surface area contributed by atoms with E-state index >= 15 is 0 Å². The number of hydrazone groups is 1. The van der Waals surface area contributed by atoms with Gasteiger partial charge >= 0.3 is 0 Å². The molecule has 14 heavy (non-hydrogen) atoms. The summed E-state index contributed by atoms with van der Waals surface area (Å²) in [7, 11) is 0. The Kier molecular flexibility index (Phi) is 2.87. The van der Waals surface area contributed by atoms with Gasteiger partial charge in [0.05, 0.1) is 0 Å². The van der Waals surface area contributed by atoms with Crippen LogP contribution in [-0.2, 0) is 0 Å². The van der Waals surface area contributed by atoms with E-state index in [-0.39, 0.29) is 0 Å². The van der Waals surface area contributed by atoms with Crippen LogP contribution in [0.2, 0.25) is 0 Å². The maximum absolute atomic E-state index is 5.99. The number of hydrogen-bond acceptors (Lipinski definition) is 3. The van der Waals surface area contributed by atoms with Gasteiger partial charge in [0, 0.05) is 23.9 Å². The largest absolute Gasteiger partial charge is 0.328 e. The van der Waals surface area contributed by atoms with Crippen molar-refractivity contribution in [3.8, 4) is 0 Å². The zero-order chi connectivity index (χ0) is 9.97. The minimum absolute atomic E-state index is 0.398. The Balaban J connectivity index is 2.12. The summed E-state index contributed by atoms with van der Waals surface area (Å²) in [6.07, 6.45) is 7.93. The first-order valence-corrected chi connectivity index (χ1v) is 5.52. The quantitative estimate of drug-likeness (QED) is 0.616. The summed E-state index contributed by atoms with van der Waals surface area (Å²) in [5.74, 6) is 0.573. The molecule has 78 valence electrons. The number of nitrogens with zero attached hydrogens (tertiary/aromatic N) is 1. The highest BCUT2D eigenvalue weighted by Crippen LogP contribution is 2.29. The third-order valence-electron chi connectivity index (χ3n) is 3.29. The second-order valence-electron chi connectivity index (χ2n) is 4.38. The van der Waals surface area contributed by atoms with Crippen LogP contribution in [-0.4, -0.2) is 12.3 Å². The molecule has 2 aliphatic rings. The van der Waals surface area contributed by atoms with Crippen LogP contribution in [0.25, 0.3) is 0 Å². The van der Waals surface area contributed by atoms with Gasteiger partial charge in [-0.05, 0) is 38.2 Å². The van der Waals surface area contributed by atoms with Crippen LogP contribution in [0, 0.1) is 5.92 Å². The molecule has 0 spiro atoms. The number of nitrogens with one attached hydrogen (secondary N) is 1. The van der Waals surface area contributed by atoms with Gasteiger partial charge in [-0.25, -0.2) is 0 Å². The Labute approximate surface area is 85.4 Å². The first-order chi connectivity index (χ1) is 6.77. The summed E-state index contributed by atoms with van der Waals surface area (Å²) in [6, 6.07) is 0.398. The lowest BCUT2D eigenvalue weighted by Crippen LogP contribution is -2.27. The Morgan fingerprint density at radius 2 is 2.29 bits per heavy atom. The normalized spacial score (nSPS) is 33.0. The number of allylic oxidation sites excluding steroid dienone is 2. The fourth-order valence-corrected chi connectivity index (χ4v) is 2.37. The molecule has 1 saturated carbocycles. The molecule has 0 aromatic rings. The Morgan fingerprint density at radius 1 is 1.43 bits per heavy atom.